The first-order valence-electron chi connectivity index (χ1n) is 8.35. The maximum absolute atomic E-state index is 12.6. The predicted octanol–water partition coefficient (Wildman–Crippen LogP) is 4.05. The number of rotatable bonds is 4. The van der Waals surface area contributed by atoms with Crippen LogP contribution in [0.1, 0.15) is 18.1 Å². The smallest absolute Gasteiger partial charge is 0.416 e. The summed E-state index contributed by atoms with van der Waals surface area (Å²) in [4.78, 5) is 24.4. The summed E-state index contributed by atoms with van der Waals surface area (Å²) in [6.45, 7) is 1.39. The molecule has 146 valence electrons. The van der Waals surface area contributed by atoms with E-state index in [1.165, 1.54) is 6.92 Å². The van der Waals surface area contributed by atoms with Crippen LogP contribution in [0.15, 0.2) is 54.1 Å². The van der Waals surface area contributed by atoms with Gasteiger partial charge in [0.05, 0.1) is 11.1 Å². The van der Waals surface area contributed by atoms with Gasteiger partial charge in [0.1, 0.15) is 12.4 Å². The van der Waals surface area contributed by atoms with Crippen molar-refractivity contribution in [1.82, 2.24) is 0 Å². The molecule has 28 heavy (non-hydrogen) atoms. The molecular weight excluding hydrogens is 375 g/mol. The third kappa shape index (κ3) is 4.51. The van der Waals surface area contributed by atoms with Gasteiger partial charge in [-0.25, -0.2) is 4.79 Å². The van der Waals surface area contributed by atoms with E-state index in [-0.39, 0.29) is 17.9 Å². The minimum absolute atomic E-state index is 0.0170. The number of alkyl halides is 3. The van der Waals surface area contributed by atoms with E-state index >= 15 is 0 Å². The number of esters is 1. The van der Waals surface area contributed by atoms with Crippen molar-refractivity contribution in [3.63, 3.8) is 0 Å². The Bertz CT molecular complexity index is 920. The molecule has 0 radical (unpaired) electrons. The van der Waals surface area contributed by atoms with Crippen molar-refractivity contribution in [2.24, 2.45) is 0 Å². The van der Waals surface area contributed by atoms with E-state index in [0.717, 1.165) is 29.8 Å². The lowest BCUT2D eigenvalue weighted by molar-refractivity contribution is -0.149. The lowest BCUT2D eigenvalue weighted by Crippen LogP contribution is -2.31. The molecule has 1 N–H and O–H groups in total. The minimum Gasteiger partial charge on any atom is -0.488 e. The molecule has 5 nitrogen and oxygen atoms in total. The summed E-state index contributed by atoms with van der Waals surface area (Å²) in [6.07, 6.45) is -3.98. The van der Waals surface area contributed by atoms with E-state index in [2.05, 4.69) is 5.32 Å². The van der Waals surface area contributed by atoms with Crippen molar-refractivity contribution in [2.45, 2.75) is 19.2 Å². The predicted molar refractivity (Wildman–Crippen MR) is 95.5 cm³/mol. The molecule has 1 atom stereocenters. The molecule has 1 aliphatic heterocycles. The van der Waals surface area contributed by atoms with Crippen LogP contribution in [0.4, 0.5) is 18.9 Å². The van der Waals surface area contributed by atoms with Gasteiger partial charge in [-0.2, -0.15) is 13.2 Å². The molecular formula is C20H16F3NO4. The third-order valence-electron chi connectivity index (χ3n) is 4.03. The SMILES string of the molecule is C[C@H](OC(=O)C1=Cc2ccccc2OC1)C(=O)Nc1ccc(C(F)(F)F)cc1. The monoisotopic (exact) mass is 391 g/mol. The number of hydrogen-bond acceptors (Lipinski definition) is 4. The van der Waals surface area contributed by atoms with Crippen molar-refractivity contribution >= 4 is 23.6 Å². The normalized spacial score (nSPS) is 14.2. The van der Waals surface area contributed by atoms with Crippen molar-refractivity contribution in [3.8, 4) is 5.75 Å². The molecule has 3 rings (SSSR count). The molecule has 0 fully saturated rings. The largest absolute Gasteiger partial charge is 0.488 e. The number of amides is 1. The Labute approximate surface area is 158 Å². The molecule has 1 amide bonds. The number of fused-ring (bicyclic) bond motifs is 1. The highest BCUT2D eigenvalue weighted by molar-refractivity contribution is 5.99. The molecule has 0 aromatic heterocycles. The minimum atomic E-state index is -4.46. The van der Waals surface area contributed by atoms with Crippen LogP contribution in [0.2, 0.25) is 0 Å². The Morgan fingerprint density at radius 2 is 1.79 bits per heavy atom. The van der Waals surface area contributed by atoms with Crippen LogP contribution in [0.25, 0.3) is 6.08 Å². The van der Waals surface area contributed by atoms with Gasteiger partial charge in [0.15, 0.2) is 6.10 Å². The van der Waals surface area contributed by atoms with E-state index in [4.69, 9.17) is 9.47 Å². The number of halogens is 3. The van der Waals surface area contributed by atoms with Gasteiger partial charge in [0, 0.05) is 11.3 Å². The molecule has 2 aromatic carbocycles. The van der Waals surface area contributed by atoms with Crippen molar-refractivity contribution < 1.29 is 32.2 Å². The first-order valence-corrected chi connectivity index (χ1v) is 8.35. The molecule has 0 saturated carbocycles. The van der Waals surface area contributed by atoms with Crippen LogP contribution in [-0.2, 0) is 20.5 Å². The van der Waals surface area contributed by atoms with Gasteiger partial charge in [-0.05, 0) is 43.3 Å². The lowest BCUT2D eigenvalue weighted by Gasteiger charge is -2.19. The number of anilines is 1. The van der Waals surface area contributed by atoms with E-state index in [1.54, 1.807) is 24.3 Å². The van der Waals surface area contributed by atoms with Crippen LogP contribution in [0.3, 0.4) is 0 Å². The van der Waals surface area contributed by atoms with Crippen molar-refractivity contribution in [1.29, 1.82) is 0 Å². The van der Waals surface area contributed by atoms with Gasteiger partial charge in [-0.15, -0.1) is 0 Å². The second kappa shape index (κ2) is 7.75. The number of nitrogens with one attached hydrogen (secondary N) is 1. The van der Waals surface area contributed by atoms with Crippen molar-refractivity contribution in [3.05, 3.63) is 65.2 Å². The average molecular weight is 391 g/mol. The van der Waals surface area contributed by atoms with Crippen LogP contribution < -0.4 is 10.1 Å². The fourth-order valence-electron chi connectivity index (χ4n) is 2.51. The second-order valence-electron chi connectivity index (χ2n) is 6.11. The van der Waals surface area contributed by atoms with Crippen LogP contribution >= 0.6 is 0 Å². The van der Waals surface area contributed by atoms with Gasteiger partial charge in [0.25, 0.3) is 5.91 Å². The standard InChI is InChI=1S/C20H16F3NO4/c1-12(18(25)24-16-8-6-15(7-9-16)20(21,22)23)28-19(26)14-10-13-4-2-3-5-17(13)27-11-14/h2-10,12H,11H2,1H3,(H,24,25)/t12-/m0/s1. The Morgan fingerprint density at radius 3 is 2.46 bits per heavy atom. The number of carbonyl (C=O) groups is 2. The zero-order valence-corrected chi connectivity index (χ0v) is 14.7. The Kier molecular flexibility index (Phi) is 5.39. The molecule has 1 heterocycles. The molecule has 0 spiro atoms. The molecule has 0 bridgehead atoms. The molecule has 2 aromatic rings. The lowest BCUT2D eigenvalue weighted by atomic mass is 10.1. The van der Waals surface area contributed by atoms with E-state index < -0.39 is 29.7 Å². The molecule has 0 saturated heterocycles. The quantitative estimate of drug-likeness (QED) is 0.799. The first-order chi connectivity index (χ1) is 13.2. The summed E-state index contributed by atoms with van der Waals surface area (Å²) in [6, 6.07) is 11.1. The summed E-state index contributed by atoms with van der Waals surface area (Å²) in [5.41, 5.74) is 0.319. The number of hydrogen-bond donors (Lipinski definition) is 1. The highest BCUT2D eigenvalue weighted by Crippen LogP contribution is 2.30. The van der Waals surface area contributed by atoms with Gasteiger partial charge < -0.3 is 14.8 Å². The summed E-state index contributed by atoms with van der Waals surface area (Å²) in [7, 11) is 0. The third-order valence-corrected chi connectivity index (χ3v) is 4.03. The van der Waals surface area contributed by atoms with E-state index in [9.17, 15) is 22.8 Å². The van der Waals surface area contributed by atoms with Crippen LogP contribution in [-0.4, -0.2) is 24.6 Å². The summed E-state index contributed by atoms with van der Waals surface area (Å²) in [5, 5.41) is 2.41. The zero-order chi connectivity index (χ0) is 20.3. The molecule has 1 aliphatic rings. The van der Waals surface area contributed by atoms with E-state index in [1.807, 2.05) is 6.07 Å². The van der Waals surface area contributed by atoms with Gasteiger partial charge >= 0.3 is 12.1 Å². The highest BCUT2D eigenvalue weighted by Gasteiger charge is 2.30. The Balaban J connectivity index is 1.60. The number of para-hydroxylation sites is 1. The topological polar surface area (TPSA) is 64.6 Å². The summed E-state index contributed by atoms with van der Waals surface area (Å²) < 4.78 is 48.3. The Morgan fingerprint density at radius 1 is 1.11 bits per heavy atom. The summed E-state index contributed by atoms with van der Waals surface area (Å²) in [5.74, 6) is -0.720. The number of carbonyl (C=O) groups excluding carboxylic acids is 2. The van der Waals surface area contributed by atoms with Crippen LogP contribution in [0.5, 0.6) is 5.75 Å². The Hall–Kier alpha value is -3.29. The fourth-order valence-corrected chi connectivity index (χ4v) is 2.51. The second-order valence-corrected chi connectivity index (χ2v) is 6.11. The number of ether oxygens (including phenoxy) is 2. The molecule has 8 heteroatoms. The first kappa shape index (κ1) is 19.5. The molecule has 0 unspecified atom stereocenters. The van der Waals surface area contributed by atoms with Gasteiger partial charge in [-0.1, -0.05) is 18.2 Å². The van der Waals surface area contributed by atoms with Crippen LogP contribution in [0, 0.1) is 0 Å². The number of benzene rings is 2. The summed E-state index contributed by atoms with van der Waals surface area (Å²) >= 11 is 0. The van der Waals surface area contributed by atoms with Gasteiger partial charge in [0.2, 0.25) is 0 Å². The maximum atomic E-state index is 12.6. The molecule has 0 aliphatic carbocycles. The van der Waals surface area contributed by atoms with Gasteiger partial charge in [-0.3, -0.25) is 4.79 Å². The zero-order valence-electron chi connectivity index (χ0n) is 14.7. The highest BCUT2D eigenvalue weighted by atomic mass is 19.4. The van der Waals surface area contributed by atoms with Crippen molar-refractivity contribution in [2.75, 3.05) is 11.9 Å². The fraction of sp³-hybridized carbons (Fsp3) is 0.200. The average Bonchev–Trinajstić information content (AvgIpc) is 2.67. The maximum Gasteiger partial charge on any atom is 0.416 e. The van der Waals surface area contributed by atoms with E-state index in [0.29, 0.717) is 5.75 Å².